The number of nitrogens with zero attached hydrogens (tertiary/aromatic N) is 3. The van der Waals surface area contributed by atoms with Crippen LogP contribution in [-0.2, 0) is 4.74 Å². The van der Waals surface area contributed by atoms with Crippen molar-refractivity contribution in [1.82, 2.24) is 15.2 Å². The number of aromatic nitrogens is 3. The smallest absolute Gasteiger partial charge is 0.338 e. The van der Waals surface area contributed by atoms with Gasteiger partial charge in [0.1, 0.15) is 0 Å². The number of benzene rings is 2. The normalized spacial score (nSPS) is 10.6. The first-order chi connectivity index (χ1) is 13.6. The van der Waals surface area contributed by atoms with Gasteiger partial charge in [0.15, 0.2) is 5.82 Å². The van der Waals surface area contributed by atoms with Gasteiger partial charge in [-0.25, -0.2) is 4.79 Å². The summed E-state index contributed by atoms with van der Waals surface area (Å²) in [5.41, 5.74) is 3.43. The highest BCUT2D eigenvalue weighted by Crippen LogP contribution is 2.26. The van der Waals surface area contributed by atoms with Crippen molar-refractivity contribution in [1.29, 1.82) is 0 Å². The van der Waals surface area contributed by atoms with Crippen molar-refractivity contribution < 1.29 is 9.53 Å². The molecule has 0 radical (unpaired) electrons. The quantitative estimate of drug-likeness (QED) is 0.579. The molecule has 1 heterocycles. The molecule has 0 fully saturated rings. The zero-order chi connectivity index (χ0) is 19.9. The van der Waals surface area contributed by atoms with Gasteiger partial charge in [0, 0.05) is 11.4 Å². The van der Waals surface area contributed by atoms with Gasteiger partial charge in [0.25, 0.3) is 0 Å². The van der Waals surface area contributed by atoms with Gasteiger partial charge in [0.05, 0.1) is 18.4 Å². The third-order valence-corrected chi connectivity index (χ3v) is 4.06. The lowest BCUT2D eigenvalue weighted by Crippen LogP contribution is -2.05. The number of nitrogens with one attached hydrogen (secondary N) is 2. The molecule has 3 aromatic rings. The van der Waals surface area contributed by atoms with Crippen LogP contribution in [0.25, 0.3) is 0 Å². The van der Waals surface area contributed by atoms with E-state index in [1.165, 1.54) is 5.56 Å². The molecule has 144 valence electrons. The second-order valence-corrected chi connectivity index (χ2v) is 6.45. The van der Waals surface area contributed by atoms with E-state index in [1.54, 1.807) is 37.4 Å². The van der Waals surface area contributed by atoms with Crippen molar-refractivity contribution in [3.05, 3.63) is 65.9 Å². The fourth-order valence-electron chi connectivity index (χ4n) is 2.70. The summed E-state index contributed by atoms with van der Waals surface area (Å²) in [6, 6.07) is 15.0. The lowest BCUT2D eigenvalue weighted by molar-refractivity contribution is 0.0526. The number of para-hydroxylation sites is 1. The van der Waals surface area contributed by atoms with Gasteiger partial charge in [-0.05, 0) is 48.7 Å². The minimum absolute atomic E-state index is 0.345. The van der Waals surface area contributed by atoms with Crippen LogP contribution >= 0.6 is 0 Å². The van der Waals surface area contributed by atoms with Crippen LogP contribution in [0.3, 0.4) is 0 Å². The van der Waals surface area contributed by atoms with Crippen molar-refractivity contribution in [2.45, 2.75) is 26.7 Å². The fourth-order valence-corrected chi connectivity index (χ4v) is 2.70. The molecule has 2 aromatic carbocycles. The minimum Gasteiger partial charge on any atom is -0.462 e. The third-order valence-electron chi connectivity index (χ3n) is 4.06. The van der Waals surface area contributed by atoms with Gasteiger partial charge in [-0.2, -0.15) is 10.1 Å². The van der Waals surface area contributed by atoms with E-state index < -0.39 is 0 Å². The average Bonchev–Trinajstić information content (AvgIpc) is 2.69. The molecular formula is C21H23N5O2. The Morgan fingerprint density at radius 1 is 1.07 bits per heavy atom. The van der Waals surface area contributed by atoms with Crippen LogP contribution in [-0.4, -0.2) is 27.8 Å². The van der Waals surface area contributed by atoms with Crippen LogP contribution in [0.2, 0.25) is 0 Å². The molecule has 0 bridgehead atoms. The van der Waals surface area contributed by atoms with E-state index in [9.17, 15) is 4.79 Å². The third kappa shape index (κ3) is 4.82. The fraction of sp³-hybridized carbons (Fsp3) is 0.238. The zero-order valence-corrected chi connectivity index (χ0v) is 16.1. The molecule has 0 aliphatic carbocycles. The Hall–Kier alpha value is -3.48. The Morgan fingerprint density at radius 2 is 1.82 bits per heavy atom. The van der Waals surface area contributed by atoms with Crippen LogP contribution in [0.1, 0.15) is 42.6 Å². The first-order valence-electron chi connectivity index (χ1n) is 9.16. The number of ether oxygens (including phenoxy) is 1. The van der Waals surface area contributed by atoms with E-state index in [4.69, 9.17) is 4.74 Å². The molecule has 0 unspecified atom stereocenters. The van der Waals surface area contributed by atoms with Crippen LogP contribution in [0.5, 0.6) is 0 Å². The van der Waals surface area contributed by atoms with E-state index in [0.717, 1.165) is 11.4 Å². The largest absolute Gasteiger partial charge is 0.462 e. The molecule has 0 saturated carbocycles. The Morgan fingerprint density at radius 3 is 2.54 bits per heavy atom. The molecule has 0 saturated heterocycles. The molecule has 3 rings (SSSR count). The molecule has 2 N–H and O–H groups in total. The number of anilines is 4. The molecule has 7 heteroatoms. The number of esters is 1. The number of carbonyl (C=O) groups is 1. The zero-order valence-electron chi connectivity index (χ0n) is 16.1. The van der Waals surface area contributed by atoms with Gasteiger partial charge in [0.2, 0.25) is 5.95 Å². The van der Waals surface area contributed by atoms with Crippen molar-refractivity contribution in [2.24, 2.45) is 0 Å². The maximum Gasteiger partial charge on any atom is 0.338 e. The highest BCUT2D eigenvalue weighted by Gasteiger charge is 2.09. The van der Waals surface area contributed by atoms with Gasteiger partial charge in [-0.3, -0.25) is 0 Å². The Kier molecular flexibility index (Phi) is 6.16. The second kappa shape index (κ2) is 8.94. The predicted octanol–water partition coefficient (Wildman–Crippen LogP) is 4.66. The van der Waals surface area contributed by atoms with Crippen molar-refractivity contribution >= 4 is 29.1 Å². The van der Waals surface area contributed by atoms with Crippen molar-refractivity contribution in [3.8, 4) is 0 Å². The van der Waals surface area contributed by atoms with E-state index in [0.29, 0.717) is 29.9 Å². The Balaban J connectivity index is 1.73. The molecule has 28 heavy (non-hydrogen) atoms. The molecular weight excluding hydrogens is 354 g/mol. The van der Waals surface area contributed by atoms with Crippen LogP contribution in [0.15, 0.2) is 54.7 Å². The number of rotatable bonds is 7. The lowest BCUT2D eigenvalue weighted by Gasteiger charge is -2.14. The summed E-state index contributed by atoms with van der Waals surface area (Å²) < 4.78 is 4.98. The average molecular weight is 377 g/mol. The first kappa shape index (κ1) is 19.3. The Bertz CT molecular complexity index is 942. The van der Waals surface area contributed by atoms with E-state index in [2.05, 4.69) is 45.7 Å². The van der Waals surface area contributed by atoms with Gasteiger partial charge < -0.3 is 15.4 Å². The molecule has 0 aliphatic heterocycles. The lowest BCUT2D eigenvalue weighted by atomic mass is 10.0. The monoisotopic (exact) mass is 377 g/mol. The summed E-state index contributed by atoms with van der Waals surface area (Å²) in [7, 11) is 0. The standard InChI is InChI=1S/C21H23N5O2/c1-4-28-20(27)15-9-11-16(12-10-15)23-21-25-19(13-22-26-21)24-18-8-6-5-7-17(18)14(2)3/h5-14H,4H2,1-3H3,(H2,23,24,25,26). The number of hydrogen-bond donors (Lipinski definition) is 2. The number of carbonyl (C=O) groups excluding carboxylic acids is 1. The summed E-state index contributed by atoms with van der Waals surface area (Å²) in [4.78, 5) is 16.2. The highest BCUT2D eigenvalue weighted by atomic mass is 16.5. The van der Waals surface area contributed by atoms with Gasteiger partial charge in [-0.1, -0.05) is 32.0 Å². The summed E-state index contributed by atoms with van der Waals surface area (Å²) in [6.45, 7) is 6.41. The van der Waals surface area contributed by atoms with Crippen molar-refractivity contribution in [2.75, 3.05) is 17.2 Å². The van der Waals surface area contributed by atoms with Crippen LogP contribution in [0, 0.1) is 0 Å². The topological polar surface area (TPSA) is 89.0 Å². The summed E-state index contributed by atoms with van der Waals surface area (Å²) >= 11 is 0. The molecule has 0 aliphatic rings. The SMILES string of the molecule is CCOC(=O)c1ccc(Nc2nncc(Nc3ccccc3C(C)C)n2)cc1. The van der Waals surface area contributed by atoms with E-state index in [1.807, 2.05) is 18.2 Å². The maximum absolute atomic E-state index is 11.7. The molecule has 1 aromatic heterocycles. The minimum atomic E-state index is -0.345. The first-order valence-corrected chi connectivity index (χ1v) is 9.16. The Labute approximate surface area is 164 Å². The molecule has 0 spiro atoms. The van der Waals surface area contributed by atoms with Gasteiger partial charge >= 0.3 is 5.97 Å². The van der Waals surface area contributed by atoms with Crippen LogP contribution < -0.4 is 10.6 Å². The highest BCUT2D eigenvalue weighted by molar-refractivity contribution is 5.89. The van der Waals surface area contributed by atoms with Crippen molar-refractivity contribution in [3.63, 3.8) is 0 Å². The van der Waals surface area contributed by atoms with Gasteiger partial charge in [-0.15, -0.1) is 5.10 Å². The second-order valence-electron chi connectivity index (χ2n) is 6.45. The maximum atomic E-state index is 11.7. The summed E-state index contributed by atoms with van der Waals surface area (Å²) in [6.07, 6.45) is 1.58. The molecule has 0 atom stereocenters. The molecule has 0 amide bonds. The van der Waals surface area contributed by atoms with Crippen LogP contribution in [0.4, 0.5) is 23.1 Å². The van der Waals surface area contributed by atoms with E-state index >= 15 is 0 Å². The summed E-state index contributed by atoms with van der Waals surface area (Å²) in [5.74, 6) is 0.987. The summed E-state index contributed by atoms with van der Waals surface area (Å²) in [5, 5.41) is 14.4. The predicted molar refractivity (Wildman–Crippen MR) is 109 cm³/mol. The number of hydrogen-bond acceptors (Lipinski definition) is 7. The molecule has 7 nitrogen and oxygen atoms in total. The van der Waals surface area contributed by atoms with E-state index in [-0.39, 0.29) is 5.97 Å².